The number of amides is 1. The summed E-state index contributed by atoms with van der Waals surface area (Å²) in [6.45, 7) is 6.49. The maximum absolute atomic E-state index is 11.2. The van der Waals surface area contributed by atoms with E-state index in [9.17, 15) is 4.79 Å². The van der Waals surface area contributed by atoms with Crippen molar-refractivity contribution in [1.82, 2.24) is 24.3 Å². The molecule has 1 N–H and O–H groups in total. The van der Waals surface area contributed by atoms with Crippen LogP contribution >= 0.6 is 11.3 Å². The largest absolute Gasteiger partial charge is 0.302 e. The number of aryl methyl sites for hydroxylation is 1. The van der Waals surface area contributed by atoms with Crippen molar-refractivity contribution in [2.75, 3.05) is 18.4 Å². The number of hydrogen-bond donors (Lipinski definition) is 1. The van der Waals surface area contributed by atoms with Crippen LogP contribution in [0.15, 0.2) is 24.7 Å². The van der Waals surface area contributed by atoms with Gasteiger partial charge in [-0.05, 0) is 32.4 Å². The summed E-state index contributed by atoms with van der Waals surface area (Å²) in [4.78, 5) is 27.9. The zero-order valence-electron chi connectivity index (χ0n) is 15.0. The van der Waals surface area contributed by atoms with E-state index in [1.807, 2.05) is 25.5 Å². The first-order valence-electron chi connectivity index (χ1n) is 8.84. The third-order valence-electron chi connectivity index (χ3n) is 4.67. The summed E-state index contributed by atoms with van der Waals surface area (Å²) in [6.07, 6.45) is 8.02. The van der Waals surface area contributed by atoms with Crippen LogP contribution in [0.5, 0.6) is 0 Å². The van der Waals surface area contributed by atoms with Crippen LogP contribution in [-0.2, 0) is 11.3 Å². The second-order valence-corrected chi connectivity index (χ2v) is 7.92. The molecule has 1 aliphatic heterocycles. The van der Waals surface area contributed by atoms with E-state index in [1.165, 1.54) is 30.3 Å². The first kappa shape index (κ1) is 17.1. The van der Waals surface area contributed by atoms with Gasteiger partial charge in [-0.15, -0.1) is 11.3 Å². The van der Waals surface area contributed by atoms with Gasteiger partial charge in [0.05, 0.1) is 0 Å². The highest BCUT2D eigenvalue weighted by atomic mass is 32.1. The molecular formula is C18H22N6OS. The Bertz CT molecular complexity index is 933. The number of thiazole rings is 1. The van der Waals surface area contributed by atoms with Crippen LogP contribution in [0.2, 0.25) is 0 Å². The summed E-state index contributed by atoms with van der Waals surface area (Å²) < 4.78 is 2.11. The summed E-state index contributed by atoms with van der Waals surface area (Å²) in [7, 11) is 0. The van der Waals surface area contributed by atoms with Gasteiger partial charge < -0.3 is 5.32 Å². The minimum Gasteiger partial charge on any atom is -0.302 e. The maximum Gasteiger partial charge on any atom is 0.234 e. The summed E-state index contributed by atoms with van der Waals surface area (Å²) >= 11 is 1.55. The van der Waals surface area contributed by atoms with Crippen molar-refractivity contribution < 1.29 is 4.79 Å². The molecule has 3 aromatic heterocycles. The summed E-state index contributed by atoms with van der Waals surface area (Å²) in [5, 5.41) is 3.43. The number of carbonyl (C=O) groups excluding carboxylic acids is 1. The van der Waals surface area contributed by atoms with E-state index in [2.05, 4.69) is 35.6 Å². The van der Waals surface area contributed by atoms with E-state index in [1.54, 1.807) is 11.3 Å². The van der Waals surface area contributed by atoms with Crippen LogP contribution in [0.4, 0.5) is 5.13 Å². The van der Waals surface area contributed by atoms with E-state index in [-0.39, 0.29) is 5.91 Å². The fraction of sp³-hybridized carbons (Fsp3) is 0.444. The highest BCUT2D eigenvalue weighted by Crippen LogP contribution is 2.29. The topological polar surface area (TPSA) is 75.4 Å². The van der Waals surface area contributed by atoms with Gasteiger partial charge in [0.1, 0.15) is 0 Å². The lowest BCUT2D eigenvalue weighted by atomic mass is 9.94. The Balaban J connectivity index is 1.49. The van der Waals surface area contributed by atoms with Gasteiger partial charge in [-0.25, -0.2) is 15.0 Å². The molecule has 7 nitrogen and oxygen atoms in total. The minimum atomic E-state index is -0.0821. The fourth-order valence-electron chi connectivity index (χ4n) is 3.62. The number of rotatable bonds is 4. The number of piperidine rings is 1. The molecule has 0 aliphatic carbocycles. The smallest absolute Gasteiger partial charge is 0.234 e. The van der Waals surface area contributed by atoms with Gasteiger partial charge in [-0.2, -0.15) is 0 Å². The number of anilines is 1. The standard InChI is InChI=1S/C18H22N6OS/c1-12-8-16(24-7-5-19-17(24)21-12)14-4-3-6-23(10-14)11-15-9-20-18(26-15)22-13(2)25/h5,7-9,14H,3-4,6,10-11H2,1-2H3,(H,20,22,25). The van der Waals surface area contributed by atoms with E-state index >= 15 is 0 Å². The number of carbonyl (C=O) groups is 1. The average Bonchev–Trinajstić information content (AvgIpc) is 3.23. The number of fused-ring (bicyclic) bond motifs is 1. The van der Waals surface area contributed by atoms with E-state index in [4.69, 9.17) is 0 Å². The van der Waals surface area contributed by atoms with Gasteiger partial charge in [0.15, 0.2) is 5.13 Å². The Morgan fingerprint density at radius 1 is 1.42 bits per heavy atom. The predicted molar refractivity (Wildman–Crippen MR) is 101 cm³/mol. The Kier molecular flexibility index (Phi) is 4.69. The first-order chi connectivity index (χ1) is 12.6. The molecule has 4 heterocycles. The molecule has 3 aromatic rings. The molecule has 1 amide bonds. The SMILES string of the molecule is CC(=O)Nc1ncc(CN2CCCC(c3cc(C)nc4nccn34)C2)s1. The number of aromatic nitrogens is 4. The van der Waals surface area contributed by atoms with E-state index in [0.29, 0.717) is 11.0 Å². The molecule has 4 rings (SSSR count). The van der Waals surface area contributed by atoms with Crippen molar-refractivity contribution in [2.45, 2.75) is 39.2 Å². The van der Waals surface area contributed by atoms with Gasteiger partial charge in [-0.3, -0.25) is 14.1 Å². The third kappa shape index (κ3) is 3.61. The summed E-state index contributed by atoms with van der Waals surface area (Å²) in [6, 6.07) is 2.18. The van der Waals surface area contributed by atoms with Gasteiger partial charge >= 0.3 is 0 Å². The molecule has 136 valence electrons. The van der Waals surface area contributed by atoms with Crippen LogP contribution < -0.4 is 5.32 Å². The van der Waals surface area contributed by atoms with Crippen molar-refractivity contribution >= 4 is 28.2 Å². The molecule has 1 unspecified atom stereocenters. The molecule has 1 fully saturated rings. The predicted octanol–water partition coefficient (Wildman–Crippen LogP) is 2.83. The lowest BCUT2D eigenvalue weighted by molar-refractivity contribution is -0.114. The van der Waals surface area contributed by atoms with Gasteiger partial charge in [0, 0.05) is 60.8 Å². The molecule has 0 bridgehead atoms. The van der Waals surface area contributed by atoms with Crippen molar-refractivity contribution in [1.29, 1.82) is 0 Å². The number of nitrogens with one attached hydrogen (secondary N) is 1. The number of imidazole rings is 1. The molecule has 8 heteroatoms. The Morgan fingerprint density at radius 3 is 3.15 bits per heavy atom. The Morgan fingerprint density at radius 2 is 2.31 bits per heavy atom. The van der Waals surface area contributed by atoms with Crippen LogP contribution in [0, 0.1) is 6.92 Å². The molecule has 1 aliphatic rings. The Hall–Kier alpha value is -2.32. The molecule has 0 spiro atoms. The lowest BCUT2D eigenvalue weighted by Gasteiger charge is -2.32. The van der Waals surface area contributed by atoms with Crippen LogP contribution in [-0.4, -0.2) is 43.2 Å². The van der Waals surface area contributed by atoms with Crippen molar-refractivity contribution in [3.63, 3.8) is 0 Å². The van der Waals surface area contributed by atoms with Crippen LogP contribution in [0.3, 0.4) is 0 Å². The quantitative estimate of drug-likeness (QED) is 0.764. The highest BCUT2D eigenvalue weighted by Gasteiger charge is 2.24. The highest BCUT2D eigenvalue weighted by molar-refractivity contribution is 7.15. The average molecular weight is 370 g/mol. The second-order valence-electron chi connectivity index (χ2n) is 6.81. The van der Waals surface area contributed by atoms with Crippen molar-refractivity contribution in [2.24, 2.45) is 0 Å². The van der Waals surface area contributed by atoms with Crippen molar-refractivity contribution in [3.05, 3.63) is 40.9 Å². The Labute approximate surface area is 156 Å². The second kappa shape index (κ2) is 7.13. The molecular weight excluding hydrogens is 348 g/mol. The van der Waals surface area contributed by atoms with Gasteiger partial charge in [0.2, 0.25) is 11.7 Å². The number of likely N-dealkylation sites (tertiary alicyclic amines) is 1. The third-order valence-corrected chi connectivity index (χ3v) is 5.57. The molecule has 0 aromatic carbocycles. The summed E-state index contributed by atoms with van der Waals surface area (Å²) in [5.74, 6) is 1.16. The fourth-order valence-corrected chi connectivity index (χ4v) is 4.52. The maximum atomic E-state index is 11.2. The van der Waals surface area contributed by atoms with Gasteiger partial charge in [0.25, 0.3) is 0 Å². The number of nitrogens with zero attached hydrogens (tertiary/aromatic N) is 5. The van der Waals surface area contributed by atoms with Gasteiger partial charge in [-0.1, -0.05) is 0 Å². The summed E-state index contributed by atoms with van der Waals surface area (Å²) in [5.41, 5.74) is 2.30. The van der Waals surface area contributed by atoms with E-state index < -0.39 is 0 Å². The minimum absolute atomic E-state index is 0.0821. The molecule has 1 saturated heterocycles. The number of hydrogen-bond acceptors (Lipinski definition) is 6. The normalized spacial score (nSPS) is 18.3. The monoisotopic (exact) mass is 370 g/mol. The van der Waals surface area contributed by atoms with Crippen molar-refractivity contribution in [3.8, 4) is 0 Å². The van der Waals surface area contributed by atoms with Crippen LogP contribution in [0.1, 0.15) is 41.9 Å². The first-order valence-corrected chi connectivity index (χ1v) is 9.65. The van der Waals surface area contributed by atoms with Crippen LogP contribution in [0.25, 0.3) is 5.78 Å². The molecule has 0 radical (unpaired) electrons. The lowest BCUT2D eigenvalue weighted by Crippen LogP contribution is -2.34. The molecule has 1 atom stereocenters. The zero-order valence-corrected chi connectivity index (χ0v) is 15.8. The molecule has 0 saturated carbocycles. The van der Waals surface area contributed by atoms with E-state index in [0.717, 1.165) is 31.1 Å². The molecule has 26 heavy (non-hydrogen) atoms. The zero-order chi connectivity index (χ0) is 18.1.